The normalized spacial score (nSPS) is 19.3. The summed E-state index contributed by atoms with van der Waals surface area (Å²) in [6, 6.07) is 10.4. The lowest BCUT2D eigenvalue weighted by Gasteiger charge is -2.26. The Labute approximate surface area is 102 Å². The van der Waals surface area contributed by atoms with Crippen molar-refractivity contribution in [2.75, 3.05) is 7.05 Å². The molecule has 0 aromatic heterocycles. The van der Waals surface area contributed by atoms with Crippen LogP contribution in [0.25, 0.3) is 0 Å². The standard InChI is InChI=1S/C12H17N3S/c1-12(2)13-14(3)11(16)15(12)9-10-7-5-4-6-8-10/h4-8,13H,9H2,1-3H3/p+1. The number of nitrogens with two attached hydrogens (primary N) is 1. The molecule has 4 heteroatoms. The van der Waals surface area contributed by atoms with Gasteiger partial charge in [0.1, 0.15) is 0 Å². The lowest BCUT2D eigenvalue weighted by molar-refractivity contribution is -0.826. The molecular formula is C12H18N3S+. The maximum Gasteiger partial charge on any atom is 0.223 e. The number of hydrogen-bond donors (Lipinski definition) is 1. The van der Waals surface area contributed by atoms with Crippen molar-refractivity contribution in [2.45, 2.75) is 26.1 Å². The summed E-state index contributed by atoms with van der Waals surface area (Å²) in [5.41, 5.74) is 3.46. The predicted octanol–water partition coefficient (Wildman–Crippen LogP) is 0.933. The van der Waals surface area contributed by atoms with Gasteiger partial charge in [-0.3, -0.25) is 4.90 Å². The molecule has 2 rings (SSSR count). The first-order chi connectivity index (χ1) is 7.50. The summed E-state index contributed by atoms with van der Waals surface area (Å²) in [7, 11) is 2.01. The van der Waals surface area contributed by atoms with Crippen LogP contribution in [0.5, 0.6) is 0 Å². The van der Waals surface area contributed by atoms with Crippen LogP contribution in [0.2, 0.25) is 0 Å². The van der Waals surface area contributed by atoms with Gasteiger partial charge in [0, 0.05) is 13.8 Å². The quantitative estimate of drug-likeness (QED) is 0.610. The summed E-state index contributed by atoms with van der Waals surface area (Å²) in [6.45, 7) is 5.24. The van der Waals surface area contributed by atoms with Crippen LogP contribution in [0.4, 0.5) is 0 Å². The molecule has 0 amide bonds. The predicted molar refractivity (Wildman–Crippen MR) is 68.4 cm³/mol. The highest BCUT2D eigenvalue weighted by molar-refractivity contribution is 7.80. The van der Waals surface area contributed by atoms with E-state index in [1.54, 1.807) is 0 Å². The fourth-order valence-electron chi connectivity index (χ4n) is 2.07. The van der Waals surface area contributed by atoms with Gasteiger partial charge in [0.05, 0.1) is 13.6 Å². The second-order valence-corrected chi connectivity index (χ2v) is 5.11. The molecule has 0 aliphatic carbocycles. The summed E-state index contributed by atoms with van der Waals surface area (Å²) >= 11 is 5.43. The fourth-order valence-corrected chi connectivity index (χ4v) is 2.43. The van der Waals surface area contributed by atoms with Crippen LogP contribution in [0.3, 0.4) is 0 Å². The average molecular weight is 236 g/mol. The number of benzene rings is 1. The van der Waals surface area contributed by atoms with Crippen molar-refractivity contribution in [3.05, 3.63) is 35.9 Å². The molecule has 1 aromatic carbocycles. The van der Waals surface area contributed by atoms with Crippen LogP contribution < -0.4 is 5.43 Å². The lowest BCUT2D eigenvalue weighted by atomic mass is 10.1. The molecule has 0 saturated carbocycles. The Hall–Kier alpha value is -1.13. The third-order valence-electron chi connectivity index (χ3n) is 2.92. The van der Waals surface area contributed by atoms with E-state index in [0.717, 1.165) is 11.7 Å². The zero-order valence-electron chi connectivity index (χ0n) is 9.97. The second kappa shape index (κ2) is 4.03. The maximum atomic E-state index is 5.43. The summed E-state index contributed by atoms with van der Waals surface area (Å²) < 4.78 is 0. The minimum Gasteiger partial charge on any atom is -0.287 e. The van der Waals surface area contributed by atoms with Crippen molar-refractivity contribution < 1.29 is 5.43 Å². The van der Waals surface area contributed by atoms with Gasteiger partial charge in [0.2, 0.25) is 5.11 Å². The van der Waals surface area contributed by atoms with Crippen LogP contribution in [0.15, 0.2) is 30.3 Å². The van der Waals surface area contributed by atoms with E-state index in [1.807, 2.05) is 18.1 Å². The number of rotatable bonds is 2. The number of hydrogen-bond acceptors (Lipinski definition) is 1. The monoisotopic (exact) mass is 236 g/mol. The molecule has 1 heterocycles. The Bertz CT molecular complexity index is 389. The first-order valence-corrected chi connectivity index (χ1v) is 5.86. The molecule has 1 aliphatic rings. The van der Waals surface area contributed by atoms with Gasteiger partial charge < -0.3 is 0 Å². The van der Waals surface area contributed by atoms with Crippen molar-refractivity contribution in [1.82, 2.24) is 9.91 Å². The van der Waals surface area contributed by atoms with Gasteiger partial charge in [-0.2, -0.15) is 0 Å². The first kappa shape index (κ1) is 11.4. The Morgan fingerprint density at radius 3 is 2.38 bits per heavy atom. The zero-order valence-corrected chi connectivity index (χ0v) is 10.8. The fraction of sp³-hybridized carbons (Fsp3) is 0.417. The van der Waals surface area contributed by atoms with E-state index in [9.17, 15) is 0 Å². The van der Waals surface area contributed by atoms with Crippen molar-refractivity contribution in [2.24, 2.45) is 0 Å². The minimum absolute atomic E-state index is 0.00166. The van der Waals surface area contributed by atoms with Crippen molar-refractivity contribution in [1.29, 1.82) is 0 Å². The topological polar surface area (TPSA) is 23.1 Å². The van der Waals surface area contributed by atoms with E-state index in [1.165, 1.54) is 5.56 Å². The Morgan fingerprint density at radius 1 is 1.25 bits per heavy atom. The van der Waals surface area contributed by atoms with E-state index >= 15 is 0 Å². The number of thiocarbonyl (C=S) groups is 1. The Kier molecular flexibility index (Phi) is 2.86. The maximum absolute atomic E-state index is 5.43. The van der Waals surface area contributed by atoms with Crippen molar-refractivity contribution >= 4 is 17.3 Å². The number of quaternary nitrogens is 1. The van der Waals surface area contributed by atoms with Crippen LogP contribution in [0, 0.1) is 0 Å². The van der Waals surface area contributed by atoms with Crippen LogP contribution in [-0.4, -0.2) is 27.7 Å². The van der Waals surface area contributed by atoms with Crippen LogP contribution >= 0.6 is 12.2 Å². The highest BCUT2D eigenvalue weighted by Gasteiger charge is 2.42. The molecule has 0 unspecified atom stereocenters. The molecule has 16 heavy (non-hydrogen) atoms. The van der Waals surface area contributed by atoms with Gasteiger partial charge in [-0.05, 0) is 17.8 Å². The third-order valence-corrected chi connectivity index (χ3v) is 3.43. The second-order valence-electron chi connectivity index (χ2n) is 4.75. The molecule has 0 spiro atoms. The number of nitrogens with zero attached hydrogens (tertiary/aromatic N) is 2. The molecule has 2 N–H and O–H groups in total. The van der Waals surface area contributed by atoms with Crippen molar-refractivity contribution in [3.8, 4) is 0 Å². The van der Waals surface area contributed by atoms with Gasteiger partial charge >= 0.3 is 0 Å². The smallest absolute Gasteiger partial charge is 0.223 e. The van der Waals surface area contributed by atoms with Crippen LogP contribution in [-0.2, 0) is 6.54 Å². The summed E-state index contributed by atoms with van der Waals surface area (Å²) in [6.07, 6.45) is 0. The minimum atomic E-state index is 0.00166. The highest BCUT2D eigenvalue weighted by atomic mass is 32.1. The van der Waals surface area contributed by atoms with Crippen LogP contribution in [0.1, 0.15) is 19.4 Å². The highest BCUT2D eigenvalue weighted by Crippen LogP contribution is 2.17. The Morgan fingerprint density at radius 2 is 1.88 bits per heavy atom. The molecular weight excluding hydrogens is 218 g/mol. The van der Waals surface area contributed by atoms with Gasteiger partial charge in [0.25, 0.3) is 0 Å². The molecule has 1 aromatic rings. The van der Waals surface area contributed by atoms with Gasteiger partial charge in [0.15, 0.2) is 5.66 Å². The molecule has 86 valence electrons. The molecule has 1 saturated heterocycles. The van der Waals surface area contributed by atoms with Crippen molar-refractivity contribution in [3.63, 3.8) is 0 Å². The van der Waals surface area contributed by atoms with E-state index < -0.39 is 0 Å². The molecule has 0 radical (unpaired) electrons. The molecule has 0 bridgehead atoms. The largest absolute Gasteiger partial charge is 0.287 e. The first-order valence-electron chi connectivity index (χ1n) is 5.45. The van der Waals surface area contributed by atoms with E-state index in [0.29, 0.717) is 0 Å². The summed E-state index contributed by atoms with van der Waals surface area (Å²) in [5, 5.41) is 2.92. The lowest BCUT2D eigenvalue weighted by Crippen LogP contribution is -2.99. The van der Waals surface area contributed by atoms with Gasteiger partial charge in [-0.25, -0.2) is 10.4 Å². The molecule has 1 aliphatic heterocycles. The van der Waals surface area contributed by atoms with Gasteiger partial charge in [-0.1, -0.05) is 30.3 Å². The van der Waals surface area contributed by atoms with E-state index in [4.69, 9.17) is 12.2 Å². The summed E-state index contributed by atoms with van der Waals surface area (Å²) in [5.74, 6) is 0. The zero-order chi connectivity index (χ0) is 11.8. The third kappa shape index (κ3) is 2.03. The average Bonchev–Trinajstić information content (AvgIpc) is 2.42. The van der Waals surface area contributed by atoms with Gasteiger partial charge in [-0.15, -0.1) is 0 Å². The Balaban J connectivity index is 2.18. The molecule has 0 atom stereocenters. The van der Waals surface area contributed by atoms with E-state index in [-0.39, 0.29) is 5.66 Å². The molecule has 3 nitrogen and oxygen atoms in total. The van der Waals surface area contributed by atoms with E-state index in [2.05, 4.69) is 48.4 Å². The SMILES string of the molecule is CN1[NH2+]C(C)(C)N(Cc2ccccc2)C1=S. The summed E-state index contributed by atoms with van der Waals surface area (Å²) in [4.78, 5) is 2.25. The molecule has 1 fully saturated rings.